The highest BCUT2D eigenvalue weighted by molar-refractivity contribution is 5.56. The van der Waals surface area contributed by atoms with Crippen molar-refractivity contribution in [3.63, 3.8) is 0 Å². The van der Waals surface area contributed by atoms with Gasteiger partial charge in [0.2, 0.25) is 11.7 Å². The average Bonchev–Trinajstić information content (AvgIpc) is 3.13. The maximum absolute atomic E-state index is 12.9. The van der Waals surface area contributed by atoms with Gasteiger partial charge in [0, 0.05) is 5.56 Å². The van der Waals surface area contributed by atoms with Gasteiger partial charge in [0.05, 0.1) is 24.7 Å². The molecule has 3 rings (SSSR count). The first kappa shape index (κ1) is 20.0. The van der Waals surface area contributed by atoms with Crippen molar-refractivity contribution in [1.82, 2.24) is 10.1 Å². The molecule has 0 saturated carbocycles. The third-order valence-corrected chi connectivity index (χ3v) is 4.33. The monoisotopic (exact) mass is 394 g/mol. The van der Waals surface area contributed by atoms with Gasteiger partial charge in [-0.3, -0.25) is 0 Å². The van der Waals surface area contributed by atoms with E-state index in [9.17, 15) is 13.2 Å². The normalized spacial score (nSPS) is 19.8. The fraction of sp³-hybridized carbons (Fsp3) is 0.400. The van der Waals surface area contributed by atoms with Gasteiger partial charge in [-0.15, -0.1) is 0 Å². The minimum atomic E-state index is -4.43. The number of hydrogen-bond donors (Lipinski definition) is 0. The SMILES string of the molecule is CCOC1=CC(C)[C@@H](c2nc(-c3cccc(C(F)(F)F)c3)no2)C=C1OCC. The largest absolute Gasteiger partial charge is 0.490 e. The van der Waals surface area contributed by atoms with Gasteiger partial charge in [-0.05, 0) is 44.1 Å². The van der Waals surface area contributed by atoms with E-state index in [2.05, 4.69) is 10.1 Å². The molecular formula is C20H21F3N2O3. The molecule has 0 aliphatic heterocycles. The molecule has 0 saturated heterocycles. The number of allylic oxidation sites excluding steroid dienone is 2. The number of ether oxygens (including phenoxy) is 2. The van der Waals surface area contributed by atoms with E-state index < -0.39 is 11.7 Å². The summed E-state index contributed by atoms with van der Waals surface area (Å²) in [5.74, 6) is 1.39. The molecule has 0 N–H and O–H groups in total. The first-order valence-electron chi connectivity index (χ1n) is 9.04. The van der Waals surface area contributed by atoms with Gasteiger partial charge < -0.3 is 14.0 Å². The van der Waals surface area contributed by atoms with Crippen LogP contribution in [0.2, 0.25) is 0 Å². The Hall–Kier alpha value is -2.77. The highest BCUT2D eigenvalue weighted by Gasteiger charge is 2.32. The van der Waals surface area contributed by atoms with E-state index in [0.29, 0.717) is 30.6 Å². The fourth-order valence-corrected chi connectivity index (χ4v) is 2.99. The number of rotatable bonds is 6. The van der Waals surface area contributed by atoms with Crippen LogP contribution in [0.4, 0.5) is 13.2 Å². The molecule has 150 valence electrons. The van der Waals surface area contributed by atoms with Gasteiger partial charge in [0.1, 0.15) is 0 Å². The van der Waals surface area contributed by atoms with E-state index in [1.807, 2.05) is 32.9 Å². The summed E-state index contributed by atoms with van der Waals surface area (Å²) < 4.78 is 55.5. The summed E-state index contributed by atoms with van der Waals surface area (Å²) in [6.07, 6.45) is -0.661. The predicted molar refractivity (Wildman–Crippen MR) is 96.1 cm³/mol. The molecule has 1 aromatic heterocycles. The fourth-order valence-electron chi connectivity index (χ4n) is 2.99. The van der Waals surface area contributed by atoms with Gasteiger partial charge in [0.25, 0.3) is 0 Å². The Balaban J connectivity index is 1.90. The minimum Gasteiger partial charge on any atom is -0.490 e. The Labute approximate surface area is 160 Å². The second kappa shape index (κ2) is 8.08. The minimum absolute atomic E-state index is 0.0134. The van der Waals surface area contributed by atoms with Crippen molar-refractivity contribution < 1.29 is 27.2 Å². The van der Waals surface area contributed by atoms with E-state index in [1.54, 1.807) is 0 Å². The zero-order valence-electron chi connectivity index (χ0n) is 15.8. The molecular weight excluding hydrogens is 373 g/mol. The van der Waals surface area contributed by atoms with Crippen LogP contribution in [0.15, 0.2) is 52.5 Å². The van der Waals surface area contributed by atoms with Crippen LogP contribution in [0, 0.1) is 5.92 Å². The molecule has 1 aliphatic rings. The van der Waals surface area contributed by atoms with Gasteiger partial charge in [-0.2, -0.15) is 18.2 Å². The Bertz CT molecular complexity index is 887. The van der Waals surface area contributed by atoms with Crippen LogP contribution >= 0.6 is 0 Å². The molecule has 28 heavy (non-hydrogen) atoms. The molecule has 8 heteroatoms. The van der Waals surface area contributed by atoms with E-state index in [0.717, 1.165) is 12.1 Å². The summed E-state index contributed by atoms with van der Waals surface area (Å²) in [6.45, 7) is 6.71. The van der Waals surface area contributed by atoms with E-state index in [1.165, 1.54) is 12.1 Å². The number of hydrogen-bond acceptors (Lipinski definition) is 5. The molecule has 0 radical (unpaired) electrons. The molecule has 0 fully saturated rings. The van der Waals surface area contributed by atoms with Gasteiger partial charge in [0.15, 0.2) is 11.5 Å². The lowest BCUT2D eigenvalue weighted by Crippen LogP contribution is -2.15. The zero-order chi connectivity index (χ0) is 20.3. The number of alkyl halides is 3. The van der Waals surface area contributed by atoms with Crippen molar-refractivity contribution in [2.24, 2.45) is 5.92 Å². The van der Waals surface area contributed by atoms with Crippen molar-refractivity contribution in [3.05, 3.63) is 59.4 Å². The van der Waals surface area contributed by atoms with E-state index in [4.69, 9.17) is 14.0 Å². The van der Waals surface area contributed by atoms with Crippen LogP contribution in [-0.2, 0) is 15.7 Å². The maximum Gasteiger partial charge on any atom is 0.416 e. The summed E-state index contributed by atoms with van der Waals surface area (Å²) >= 11 is 0. The van der Waals surface area contributed by atoms with Crippen LogP contribution in [0.1, 0.15) is 38.1 Å². The molecule has 2 aromatic rings. The second-order valence-electron chi connectivity index (χ2n) is 6.35. The van der Waals surface area contributed by atoms with E-state index >= 15 is 0 Å². The zero-order valence-corrected chi connectivity index (χ0v) is 15.8. The van der Waals surface area contributed by atoms with Crippen LogP contribution < -0.4 is 0 Å². The van der Waals surface area contributed by atoms with Crippen molar-refractivity contribution in [3.8, 4) is 11.4 Å². The van der Waals surface area contributed by atoms with Crippen LogP contribution in [0.3, 0.4) is 0 Å². The second-order valence-corrected chi connectivity index (χ2v) is 6.35. The number of benzene rings is 1. The Morgan fingerprint density at radius 1 is 1.07 bits per heavy atom. The Kier molecular flexibility index (Phi) is 5.76. The third-order valence-electron chi connectivity index (χ3n) is 4.33. The number of nitrogens with zero attached hydrogens (tertiary/aromatic N) is 2. The number of halogens is 3. The predicted octanol–water partition coefficient (Wildman–Crippen LogP) is 5.33. The molecule has 5 nitrogen and oxygen atoms in total. The highest BCUT2D eigenvalue weighted by atomic mass is 19.4. The lowest BCUT2D eigenvalue weighted by atomic mass is 9.88. The van der Waals surface area contributed by atoms with Gasteiger partial charge in [-0.1, -0.05) is 24.2 Å². The smallest absolute Gasteiger partial charge is 0.416 e. The molecule has 1 aliphatic carbocycles. The molecule has 0 amide bonds. The summed E-state index contributed by atoms with van der Waals surface area (Å²) in [5.41, 5.74) is -0.516. The Morgan fingerprint density at radius 3 is 2.39 bits per heavy atom. The first-order valence-corrected chi connectivity index (χ1v) is 9.04. The summed E-state index contributed by atoms with van der Waals surface area (Å²) in [4.78, 5) is 4.33. The first-order chi connectivity index (χ1) is 13.3. The number of aromatic nitrogens is 2. The van der Waals surface area contributed by atoms with Crippen molar-refractivity contribution in [1.29, 1.82) is 0 Å². The van der Waals surface area contributed by atoms with Gasteiger partial charge >= 0.3 is 6.18 Å². The summed E-state index contributed by atoms with van der Waals surface area (Å²) in [7, 11) is 0. The summed E-state index contributed by atoms with van der Waals surface area (Å²) in [6, 6.07) is 4.85. The quantitative estimate of drug-likeness (QED) is 0.663. The lowest BCUT2D eigenvalue weighted by molar-refractivity contribution is -0.137. The third kappa shape index (κ3) is 4.21. The topological polar surface area (TPSA) is 57.4 Å². The lowest BCUT2D eigenvalue weighted by Gasteiger charge is -2.24. The van der Waals surface area contributed by atoms with E-state index in [-0.39, 0.29) is 23.2 Å². The van der Waals surface area contributed by atoms with Crippen molar-refractivity contribution >= 4 is 0 Å². The summed E-state index contributed by atoms with van der Waals surface area (Å²) in [5, 5.41) is 3.87. The molecule has 1 unspecified atom stereocenters. The molecule has 0 spiro atoms. The molecule has 1 heterocycles. The van der Waals surface area contributed by atoms with Crippen molar-refractivity contribution in [2.45, 2.75) is 32.9 Å². The Morgan fingerprint density at radius 2 is 1.75 bits per heavy atom. The molecule has 1 aromatic carbocycles. The van der Waals surface area contributed by atoms with Crippen LogP contribution in [-0.4, -0.2) is 23.4 Å². The van der Waals surface area contributed by atoms with Gasteiger partial charge in [-0.25, -0.2) is 0 Å². The molecule has 0 bridgehead atoms. The standard InChI is InChI=1S/C20H21F3N2O3/c1-4-26-16-9-12(3)15(11-17(16)27-5-2)19-24-18(25-28-19)13-7-6-8-14(10-13)20(21,22)23/h6-12,15H,4-5H2,1-3H3/t12?,15-/m0/s1. The van der Waals surface area contributed by atoms with Crippen LogP contribution in [0.5, 0.6) is 0 Å². The average molecular weight is 394 g/mol. The van der Waals surface area contributed by atoms with Crippen molar-refractivity contribution in [2.75, 3.05) is 13.2 Å². The molecule has 2 atom stereocenters. The van der Waals surface area contributed by atoms with Crippen LogP contribution in [0.25, 0.3) is 11.4 Å². The highest BCUT2D eigenvalue weighted by Crippen LogP contribution is 2.36. The maximum atomic E-state index is 12.9.